The molecule has 0 aliphatic carbocycles. The molecule has 0 radical (unpaired) electrons. The van der Waals surface area contributed by atoms with E-state index in [1.807, 2.05) is 0 Å². The van der Waals surface area contributed by atoms with Crippen molar-refractivity contribution >= 4 is 31.8 Å². The Labute approximate surface area is 142 Å². The minimum atomic E-state index is -2.09. The Hall–Kier alpha value is -1.48. The van der Waals surface area contributed by atoms with Gasteiger partial charge in [0.25, 0.3) is 0 Å². The molecule has 23 heavy (non-hydrogen) atoms. The number of benzene rings is 3. The Bertz CT molecular complexity index is 726. The van der Waals surface area contributed by atoms with Crippen LogP contribution in [0.25, 0.3) is 0 Å². The van der Waals surface area contributed by atoms with E-state index in [0.717, 1.165) is 0 Å². The zero-order valence-corrected chi connectivity index (χ0v) is 16.2. The van der Waals surface area contributed by atoms with Gasteiger partial charge >= 0.3 is 142 Å². The molecular formula is C21H24P2. The second-order valence-electron chi connectivity index (χ2n) is 6.25. The third-order valence-electron chi connectivity index (χ3n) is 4.71. The number of hydrogen-bond acceptors (Lipinski definition) is 0. The van der Waals surface area contributed by atoms with Crippen LogP contribution in [0.2, 0.25) is 0 Å². The van der Waals surface area contributed by atoms with Crippen LogP contribution in [0.15, 0.2) is 72.8 Å². The maximum atomic E-state index is 3.30. The summed E-state index contributed by atoms with van der Waals surface area (Å²) < 4.78 is 0. The number of hydrogen-bond donors (Lipinski definition) is 0. The van der Waals surface area contributed by atoms with Gasteiger partial charge in [-0.05, 0) is 0 Å². The summed E-state index contributed by atoms with van der Waals surface area (Å²) in [7, 11) is 3.30. The summed E-state index contributed by atoms with van der Waals surface area (Å²) in [6.07, 6.45) is 0. The fourth-order valence-electron chi connectivity index (χ4n) is 3.48. The van der Waals surface area contributed by atoms with Crippen LogP contribution in [-0.2, 0) is 0 Å². The molecule has 0 aliphatic rings. The van der Waals surface area contributed by atoms with Gasteiger partial charge in [-0.2, -0.15) is 0 Å². The van der Waals surface area contributed by atoms with Crippen molar-refractivity contribution < 1.29 is 0 Å². The number of aryl methyl sites for hydroxylation is 3. The molecule has 0 spiro atoms. The first kappa shape index (κ1) is 16.4. The van der Waals surface area contributed by atoms with Gasteiger partial charge in [0.2, 0.25) is 0 Å². The van der Waals surface area contributed by atoms with E-state index >= 15 is 0 Å². The van der Waals surface area contributed by atoms with Crippen molar-refractivity contribution in [2.75, 3.05) is 0 Å². The zero-order chi connectivity index (χ0) is 16.4. The third kappa shape index (κ3) is 2.87. The summed E-state index contributed by atoms with van der Waals surface area (Å²) >= 11 is 0. The predicted octanol–water partition coefficient (Wildman–Crippen LogP) is 4.43. The fraction of sp³-hybridized carbons (Fsp3) is 0.143. The number of rotatable bonds is 3. The molecular weight excluding hydrogens is 314 g/mol. The van der Waals surface area contributed by atoms with E-state index in [2.05, 4.69) is 102 Å². The Morgan fingerprint density at radius 2 is 0.783 bits per heavy atom. The van der Waals surface area contributed by atoms with Crippen molar-refractivity contribution in [3.63, 3.8) is 0 Å². The van der Waals surface area contributed by atoms with Gasteiger partial charge in [-0.15, -0.1) is 0 Å². The van der Waals surface area contributed by atoms with Crippen LogP contribution in [0.1, 0.15) is 16.7 Å². The molecule has 3 aromatic rings. The summed E-state index contributed by atoms with van der Waals surface area (Å²) in [4.78, 5) is 0. The van der Waals surface area contributed by atoms with Gasteiger partial charge in [0.1, 0.15) is 0 Å². The quantitative estimate of drug-likeness (QED) is 0.620. The monoisotopic (exact) mass is 338 g/mol. The van der Waals surface area contributed by atoms with E-state index in [1.165, 1.54) is 32.6 Å². The molecule has 0 amide bonds. The van der Waals surface area contributed by atoms with Crippen LogP contribution in [0, 0.1) is 20.8 Å². The predicted molar refractivity (Wildman–Crippen MR) is 110 cm³/mol. The Morgan fingerprint density at radius 3 is 1.04 bits per heavy atom. The van der Waals surface area contributed by atoms with Crippen molar-refractivity contribution in [1.82, 2.24) is 0 Å². The van der Waals surface area contributed by atoms with E-state index in [-0.39, 0.29) is 0 Å². The Morgan fingerprint density at radius 1 is 0.522 bits per heavy atom. The molecule has 0 bridgehead atoms. The van der Waals surface area contributed by atoms with Gasteiger partial charge in [0.05, 0.1) is 0 Å². The summed E-state index contributed by atoms with van der Waals surface area (Å²) in [6.45, 7) is 4.61. The zero-order valence-electron chi connectivity index (χ0n) is 14.0. The van der Waals surface area contributed by atoms with E-state index < -0.39 is 6.95 Å². The van der Waals surface area contributed by atoms with Gasteiger partial charge in [-0.25, -0.2) is 0 Å². The van der Waals surface area contributed by atoms with Crippen LogP contribution in [0.5, 0.6) is 0 Å². The third-order valence-corrected chi connectivity index (χ3v) is 11.7. The second kappa shape index (κ2) is 6.56. The summed E-state index contributed by atoms with van der Waals surface area (Å²) in [6, 6.07) is 26.6. The fourth-order valence-corrected chi connectivity index (χ4v) is 10.5. The van der Waals surface area contributed by atoms with Crippen LogP contribution in [-0.4, -0.2) is 0 Å². The molecule has 0 saturated heterocycles. The van der Waals surface area contributed by atoms with Crippen LogP contribution in [0.3, 0.4) is 0 Å². The van der Waals surface area contributed by atoms with Gasteiger partial charge in [-0.3, -0.25) is 0 Å². The van der Waals surface area contributed by atoms with Gasteiger partial charge in [0.15, 0.2) is 0 Å². The van der Waals surface area contributed by atoms with Crippen molar-refractivity contribution in [3.8, 4) is 0 Å². The molecule has 0 aliphatic heterocycles. The molecule has 0 fully saturated rings. The van der Waals surface area contributed by atoms with E-state index in [0.29, 0.717) is 0 Å². The Balaban J connectivity index is 2.38. The van der Waals surface area contributed by atoms with Crippen molar-refractivity contribution in [1.29, 1.82) is 0 Å². The van der Waals surface area contributed by atoms with Crippen molar-refractivity contribution in [3.05, 3.63) is 89.5 Å². The molecule has 2 heteroatoms. The van der Waals surface area contributed by atoms with E-state index in [9.17, 15) is 0 Å². The molecule has 1 atom stereocenters. The molecule has 0 saturated carbocycles. The molecule has 0 heterocycles. The average molecular weight is 338 g/mol. The molecule has 3 rings (SSSR count). The van der Waals surface area contributed by atoms with Crippen LogP contribution >= 0.6 is 15.9 Å². The summed E-state index contributed by atoms with van der Waals surface area (Å²) in [5.74, 6) is 0. The standard InChI is InChI=1S/C21H24P2/c1-16-10-4-7-13-19(16)23(22,20-14-8-5-11-17(20)2)21-15-9-6-12-18(21)3/h4-15,23H,22H2,1-3H3. The van der Waals surface area contributed by atoms with Gasteiger partial charge in [-0.1, -0.05) is 0 Å². The molecule has 1 unspecified atom stereocenters. The molecule has 3 aromatic carbocycles. The summed E-state index contributed by atoms with van der Waals surface area (Å²) in [5, 5.41) is 4.44. The Kier molecular flexibility index (Phi) is 4.67. The van der Waals surface area contributed by atoms with Crippen LogP contribution in [0.4, 0.5) is 0 Å². The SMILES string of the molecule is Cc1ccccc1[PH](P)(c1ccccc1C)c1ccccc1C. The van der Waals surface area contributed by atoms with E-state index in [4.69, 9.17) is 0 Å². The van der Waals surface area contributed by atoms with E-state index in [1.54, 1.807) is 0 Å². The maximum absolute atomic E-state index is 3.30. The first-order chi connectivity index (χ1) is 11.0. The summed E-state index contributed by atoms with van der Waals surface area (Å²) in [5.41, 5.74) is 4.13. The van der Waals surface area contributed by atoms with Crippen molar-refractivity contribution in [2.24, 2.45) is 0 Å². The molecule has 118 valence electrons. The first-order valence-corrected chi connectivity index (χ1v) is 11.8. The normalized spacial score (nSPS) is 12.2. The van der Waals surface area contributed by atoms with Gasteiger partial charge < -0.3 is 0 Å². The molecule has 0 nitrogen and oxygen atoms in total. The van der Waals surface area contributed by atoms with Gasteiger partial charge in [0, 0.05) is 0 Å². The molecule has 0 aromatic heterocycles. The minimum absolute atomic E-state index is 1.38. The first-order valence-electron chi connectivity index (χ1n) is 8.02. The average Bonchev–Trinajstić information content (AvgIpc) is 2.55. The van der Waals surface area contributed by atoms with Crippen LogP contribution < -0.4 is 15.9 Å². The topological polar surface area (TPSA) is 0 Å². The van der Waals surface area contributed by atoms with Crippen molar-refractivity contribution in [2.45, 2.75) is 20.8 Å². The molecule has 0 N–H and O–H groups in total. The second-order valence-corrected chi connectivity index (χ2v) is 12.1.